The minimum absolute atomic E-state index is 0.0353. The van der Waals surface area contributed by atoms with Crippen molar-refractivity contribution in [1.29, 1.82) is 0 Å². The van der Waals surface area contributed by atoms with Gasteiger partial charge in [-0.3, -0.25) is 5.01 Å². The molecule has 3 rings (SSSR count). The maximum absolute atomic E-state index is 4.95. The van der Waals surface area contributed by atoms with E-state index < -0.39 is 0 Å². The third-order valence-electron chi connectivity index (χ3n) is 3.70. The molecule has 0 aromatic heterocycles. The zero-order chi connectivity index (χ0) is 12.4. The van der Waals surface area contributed by atoms with Crippen LogP contribution in [0.15, 0.2) is 35.3 Å². The summed E-state index contributed by atoms with van der Waals surface area (Å²) in [4.78, 5) is 4.95. The van der Waals surface area contributed by atoms with Crippen molar-refractivity contribution in [3.63, 3.8) is 0 Å². The summed E-state index contributed by atoms with van der Waals surface area (Å²) in [6.07, 6.45) is 8.31. The fourth-order valence-corrected chi connectivity index (χ4v) is 3.36. The molecule has 4 heteroatoms. The normalized spacial score (nSPS) is 22.3. The molecule has 1 aliphatic heterocycles. The van der Waals surface area contributed by atoms with Crippen LogP contribution >= 0.6 is 11.8 Å². The fourth-order valence-electron chi connectivity index (χ4n) is 2.76. The average molecular weight is 261 g/mol. The standard InChI is InChI=1S/C14H19N3S/c1-18-13-15-14(10-6-3-7-11-14)16-17(13)12-8-4-2-5-9-12/h2,4-5,8-9,16H,3,6-7,10-11H2,1H3. The van der Waals surface area contributed by atoms with Crippen LogP contribution in [0.5, 0.6) is 0 Å². The Morgan fingerprint density at radius 3 is 2.56 bits per heavy atom. The van der Waals surface area contributed by atoms with Gasteiger partial charge in [-0.1, -0.05) is 36.4 Å². The Labute approximate surface area is 113 Å². The van der Waals surface area contributed by atoms with Crippen LogP contribution in [0, 0.1) is 0 Å². The van der Waals surface area contributed by atoms with Gasteiger partial charge in [0.1, 0.15) is 5.66 Å². The molecule has 96 valence electrons. The summed E-state index contributed by atoms with van der Waals surface area (Å²) in [6.45, 7) is 0. The van der Waals surface area contributed by atoms with E-state index in [1.807, 2.05) is 6.07 Å². The van der Waals surface area contributed by atoms with Crippen LogP contribution in [0.1, 0.15) is 32.1 Å². The van der Waals surface area contributed by atoms with Gasteiger partial charge in [-0.25, -0.2) is 10.4 Å². The maximum Gasteiger partial charge on any atom is 0.180 e. The van der Waals surface area contributed by atoms with Crippen molar-refractivity contribution in [3.8, 4) is 0 Å². The van der Waals surface area contributed by atoms with Crippen molar-refractivity contribution in [1.82, 2.24) is 5.43 Å². The molecule has 0 unspecified atom stereocenters. The molecule has 0 atom stereocenters. The second-order valence-corrected chi connectivity index (χ2v) is 5.75. The highest BCUT2D eigenvalue weighted by molar-refractivity contribution is 8.13. The lowest BCUT2D eigenvalue weighted by Gasteiger charge is -2.32. The minimum Gasteiger partial charge on any atom is -0.252 e. The lowest BCUT2D eigenvalue weighted by molar-refractivity contribution is 0.261. The van der Waals surface area contributed by atoms with Gasteiger partial charge in [0.25, 0.3) is 0 Å². The molecular formula is C14H19N3S. The number of anilines is 1. The van der Waals surface area contributed by atoms with Crippen molar-refractivity contribution in [3.05, 3.63) is 30.3 Å². The van der Waals surface area contributed by atoms with E-state index in [0.717, 1.165) is 18.0 Å². The van der Waals surface area contributed by atoms with Crippen LogP contribution in [0.3, 0.4) is 0 Å². The van der Waals surface area contributed by atoms with Gasteiger partial charge in [0, 0.05) is 0 Å². The first kappa shape index (κ1) is 12.1. The number of nitrogens with zero attached hydrogens (tertiary/aromatic N) is 2. The van der Waals surface area contributed by atoms with Crippen molar-refractivity contribution in [2.24, 2.45) is 4.99 Å². The molecule has 1 aliphatic carbocycles. The van der Waals surface area contributed by atoms with E-state index >= 15 is 0 Å². The summed E-state index contributed by atoms with van der Waals surface area (Å²) in [5, 5.41) is 3.24. The topological polar surface area (TPSA) is 27.6 Å². The first-order chi connectivity index (χ1) is 8.83. The zero-order valence-corrected chi connectivity index (χ0v) is 11.5. The fraction of sp³-hybridized carbons (Fsp3) is 0.500. The molecule has 1 N–H and O–H groups in total. The molecular weight excluding hydrogens is 242 g/mol. The number of benzene rings is 1. The number of para-hydroxylation sites is 1. The quantitative estimate of drug-likeness (QED) is 0.839. The molecule has 18 heavy (non-hydrogen) atoms. The highest BCUT2D eigenvalue weighted by Gasteiger charge is 2.39. The van der Waals surface area contributed by atoms with Crippen molar-refractivity contribution in [2.45, 2.75) is 37.8 Å². The van der Waals surface area contributed by atoms with Gasteiger partial charge >= 0.3 is 0 Å². The van der Waals surface area contributed by atoms with Crippen molar-refractivity contribution < 1.29 is 0 Å². The summed E-state index contributed by atoms with van der Waals surface area (Å²) in [6, 6.07) is 10.4. The molecule has 1 aromatic carbocycles. The second kappa shape index (κ2) is 4.94. The minimum atomic E-state index is -0.0353. The van der Waals surface area contributed by atoms with E-state index in [9.17, 15) is 0 Å². The van der Waals surface area contributed by atoms with E-state index in [4.69, 9.17) is 4.99 Å². The lowest BCUT2D eigenvalue weighted by Crippen LogP contribution is -2.49. The van der Waals surface area contributed by atoms with E-state index in [-0.39, 0.29) is 5.66 Å². The lowest BCUT2D eigenvalue weighted by atomic mass is 9.90. The van der Waals surface area contributed by atoms with Gasteiger partial charge in [0.05, 0.1) is 5.69 Å². The molecule has 0 amide bonds. The number of aliphatic imine (C=N–C) groups is 1. The summed E-state index contributed by atoms with van der Waals surface area (Å²) in [7, 11) is 0. The van der Waals surface area contributed by atoms with Gasteiger partial charge in [-0.2, -0.15) is 0 Å². The van der Waals surface area contributed by atoms with Crippen molar-refractivity contribution in [2.75, 3.05) is 11.3 Å². The Bertz CT molecular complexity index is 438. The molecule has 0 bridgehead atoms. The zero-order valence-electron chi connectivity index (χ0n) is 10.7. The monoisotopic (exact) mass is 261 g/mol. The predicted octanol–water partition coefficient (Wildman–Crippen LogP) is 3.39. The van der Waals surface area contributed by atoms with E-state index in [1.54, 1.807) is 11.8 Å². The highest BCUT2D eigenvalue weighted by Crippen LogP contribution is 2.36. The Balaban J connectivity index is 1.87. The number of hydrogen-bond acceptors (Lipinski definition) is 4. The highest BCUT2D eigenvalue weighted by atomic mass is 32.2. The van der Waals surface area contributed by atoms with E-state index in [1.165, 1.54) is 24.9 Å². The second-order valence-electron chi connectivity index (χ2n) is 4.97. The molecule has 0 radical (unpaired) electrons. The van der Waals surface area contributed by atoms with E-state index in [2.05, 4.69) is 41.0 Å². The first-order valence-electron chi connectivity index (χ1n) is 6.60. The Hall–Kier alpha value is -1.00. The van der Waals surface area contributed by atoms with Gasteiger partial charge in [-0.15, -0.1) is 0 Å². The van der Waals surface area contributed by atoms with Crippen LogP contribution in [0.4, 0.5) is 5.69 Å². The first-order valence-corrected chi connectivity index (χ1v) is 7.82. The molecule has 1 fully saturated rings. The number of hydrogen-bond donors (Lipinski definition) is 1. The maximum atomic E-state index is 4.95. The van der Waals surface area contributed by atoms with Gasteiger partial charge in [-0.05, 0) is 44.1 Å². The van der Waals surface area contributed by atoms with Crippen LogP contribution < -0.4 is 10.4 Å². The Kier molecular flexibility index (Phi) is 3.31. The number of rotatable bonds is 1. The summed E-state index contributed by atoms with van der Waals surface area (Å²) >= 11 is 1.72. The summed E-state index contributed by atoms with van der Waals surface area (Å²) < 4.78 is 0. The Morgan fingerprint density at radius 2 is 1.89 bits per heavy atom. The Morgan fingerprint density at radius 1 is 1.17 bits per heavy atom. The third kappa shape index (κ3) is 2.15. The third-order valence-corrected chi connectivity index (χ3v) is 4.34. The number of hydrazine groups is 1. The molecule has 1 heterocycles. The smallest absolute Gasteiger partial charge is 0.180 e. The summed E-state index contributed by atoms with van der Waals surface area (Å²) in [5.41, 5.74) is 4.77. The number of nitrogens with one attached hydrogen (secondary N) is 1. The van der Waals surface area contributed by atoms with Gasteiger partial charge < -0.3 is 0 Å². The molecule has 1 spiro atoms. The molecule has 3 nitrogen and oxygen atoms in total. The van der Waals surface area contributed by atoms with Crippen LogP contribution in [-0.4, -0.2) is 17.1 Å². The average Bonchev–Trinajstić information content (AvgIpc) is 2.79. The number of amidine groups is 1. The largest absolute Gasteiger partial charge is 0.252 e. The van der Waals surface area contributed by atoms with Gasteiger partial charge in [0.2, 0.25) is 0 Å². The SMILES string of the molecule is CSC1=NC2(CCCCC2)NN1c1ccccc1. The molecule has 0 saturated heterocycles. The molecule has 1 saturated carbocycles. The molecule has 1 aromatic rings. The predicted molar refractivity (Wildman–Crippen MR) is 78.8 cm³/mol. The van der Waals surface area contributed by atoms with Crippen molar-refractivity contribution >= 4 is 22.6 Å². The number of thioether (sulfide) groups is 1. The van der Waals surface area contributed by atoms with Crippen LogP contribution in [0.2, 0.25) is 0 Å². The van der Waals surface area contributed by atoms with Gasteiger partial charge in [0.15, 0.2) is 5.17 Å². The summed E-state index contributed by atoms with van der Waals surface area (Å²) in [5.74, 6) is 0. The van der Waals surface area contributed by atoms with Crippen LogP contribution in [-0.2, 0) is 0 Å². The van der Waals surface area contributed by atoms with E-state index in [0.29, 0.717) is 0 Å². The van der Waals surface area contributed by atoms with Crippen LogP contribution in [0.25, 0.3) is 0 Å². The molecule has 2 aliphatic rings.